The number of rotatable bonds is 4. The van der Waals surface area contributed by atoms with E-state index in [-0.39, 0.29) is 17.0 Å². The molecular formula is C21H21FN4O2S. The number of aryl methyl sites for hydroxylation is 1. The lowest BCUT2D eigenvalue weighted by atomic mass is 10.1. The number of nitrogens with one attached hydrogen (secondary N) is 1. The van der Waals surface area contributed by atoms with Crippen LogP contribution in [0.5, 0.6) is 0 Å². The summed E-state index contributed by atoms with van der Waals surface area (Å²) in [6.45, 7) is 3.55. The van der Waals surface area contributed by atoms with Crippen molar-refractivity contribution in [2.24, 2.45) is 0 Å². The van der Waals surface area contributed by atoms with Crippen LogP contribution >= 0.6 is 11.8 Å². The van der Waals surface area contributed by atoms with Crippen LogP contribution in [0, 0.1) is 19.7 Å². The van der Waals surface area contributed by atoms with E-state index < -0.39 is 0 Å². The SMILES string of the molecule is Cc1nn(-c2ccc(F)cc2)c(C)c1C(=O)Nc1ccc(SC(=O)N(C)C)cc1. The fraction of sp³-hybridized carbons (Fsp3) is 0.190. The van der Waals surface area contributed by atoms with E-state index in [4.69, 9.17) is 0 Å². The first kappa shape index (κ1) is 20.6. The largest absolute Gasteiger partial charge is 0.339 e. The average Bonchev–Trinajstić information content (AvgIpc) is 2.98. The first-order valence-electron chi connectivity index (χ1n) is 8.89. The zero-order chi connectivity index (χ0) is 21.1. The first-order valence-corrected chi connectivity index (χ1v) is 9.70. The molecule has 8 heteroatoms. The Bertz CT molecular complexity index is 1040. The molecule has 0 spiro atoms. The van der Waals surface area contributed by atoms with Gasteiger partial charge in [-0.3, -0.25) is 9.59 Å². The van der Waals surface area contributed by atoms with Crippen molar-refractivity contribution >= 4 is 28.6 Å². The maximum absolute atomic E-state index is 13.2. The molecule has 1 heterocycles. The summed E-state index contributed by atoms with van der Waals surface area (Å²) in [6, 6.07) is 13.0. The summed E-state index contributed by atoms with van der Waals surface area (Å²) in [4.78, 5) is 26.9. The Hall–Kier alpha value is -3.13. The number of hydrogen-bond donors (Lipinski definition) is 1. The molecule has 1 aromatic heterocycles. The number of hydrogen-bond acceptors (Lipinski definition) is 4. The van der Waals surface area contributed by atoms with Crippen LogP contribution in [0.4, 0.5) is 14.9 Å². The molecule has 0 atom stereocenters. The van der Waals surface area contributed by atoms with E-state index in [9.17, 15) is 14.0 Å². The number of halogens is 1. The summed E-state index contributed by atoms with van der Waals surface area (Å²) in [5, 5.41) is 7.22. The van der Waals surface area contributed by atoms with Gasteiger partial charge >= 0.3 is 0 Å². The summed E-state index contributed by atoms with van der Waals surface area (Å²) in [6.07, 6.45) is 0. The molecule has 0 bridgehead atoms. The molecule has 0 aliphatic rings. The Balaban J connectivity index is 1.77. The highest BCUT2D eigenvalue weighted by molar-refractivity contribution is 8.13. The highest BCUT2D eigenvalue weighted by Gasteiger charge is 2.19. The van der Waals surface area contributed by atoms with Gasteiger partial charge in [0.2, 0.25) is 0 Å². The number of carbonyl (C=O) groups is 2. The zero-order valence-corrected chi connectivity index (χ0v) is 17.4. The standard InChI is InChI=1S/C21H21FN4O2S/c1-13-19(14(2)26(24-13)17-9-5-15(22)6-10-17)20(27)23-16-7-11-18(12-8-16)29-21(28)25(3)4/h5-12H,1-4H3,(H,23,27). The van der Waals surface area contributed by atoms with Crippen LogP contribution in [0.2, 0.25) is 0 Å². The van der Waals surface area contributed by atoms with Crippen LogP contribution < -0.4 is 5.32 Å². The van der Waals surface area contributed by atoms with Gasteiger partial charge in [0.05, 0.1) is 22.6 Å². The van der Waals surface area contributed by atoms with Crippen molar-refractivity contribution in [2.75, 3.05) is 19.4 Å². The Labute approximate surface area is 172 Å². The van der Waals surface area contributed by atoms with E-state index >= 15 is 0 Å². The third kappa shape index (κ3) is 4.65. The molecule has 150 valence electrons. The molecule has 2 aromatic carbocycles. The molecule has 0 unspecified atom stereocenters. The van der Waals surface area contributed by atoms with Crippen molar-refractivity contribution in [3.05, 3.63) is 71.3 Å². The summed E-state index contributed by atoms with van der Waals surface area (Å²) >= 11 is 1.12. The van der Waals surface area contributed by atoms with E-state index in [1.54, 1.807) is 69.0 Å². The molecule has 1 N–H and O–H groups in total. The second-order valence-electron chi connectivity index (χ2n) is 6.67. The van der Waals surface area contributed by atoms with Crippen LogP contribution in [-0.2, 0) is 0 Å². The number of thioether (sulfide) groups is 1. The van der Waals surface area contributed by atoms with E-state index in [2.05, 4.69) is 10.4 Å². The number of amides is 2. The summed E-state index contributed by atoms with van der Waals surface area (Å²) in [5.41, 5.74) is 3.00. The molecule has 2 amide bonds. The Kier molecular flexibility index (Phi) is 6.03. The van der Waals surface area contributed by atoms with Gasteiger partial charge in [-0.25, -0.2) is 9.07 Å². The molecule has 3 rings (SSSR count). The summed E-state index contributed by atoms with van der Waals surface area (Å²) in [7, 11) is 3.39. The third-order valence-electron chi connectivity index (χ3n) is 4.27. The van der Waals surface area contributed by atoms with Crippen LogP contribution in [0.3, 0.4) is 0 Å². The van der Waals surface area contributed by atoms with Crippen molar-refractivity contribution < 1.29 is 14.0 Å². The average molecular weight is 412 g/mol. The number of anilines is 1. The summed E-state index contributed by atoms with van der Waals surface area (Å²) < 4.78 is 14.8. The fourth-order valence-corrected chi connectivity index (χ4v) is 3.45. The predicted molar refractivity (Wildman–Crippen MR) is 112 cm³/mol. The van der Waals surface area contributed by atoms with Crippen molar-refractivity contribution in [3.63, 3.8) is 0 Å². The van der Waals surface area contributed by atoms with Gasteiger partial charge in [-0.05, 0) is 74.1 Å². The molecule has 0 aliphatic carbocycles. The lowest BCUT2D eigenvalue weighted by Gasteiger charge is -2.10. The number of aromatic nitrogens is 2. The summed E-state index contributed by atoms with van der Waals surface area (Å²) in [5.74, 6) is -0.611. The molecule has 6 nitrogen and oxygen atoms in total. The lowest BCUT2D eigenvalue weighted by molar-refractivity contribution is 0.102. The lowest BCUT2D eigenvalue weighted by Crippen LogP contribution is -2.16. The van der Waals surface area contributed by atoms with E-state index in [0.29, 0.717) is 28.3 Å². The van der Waals surface area contributed by atoms with Crippen LogP contribution in [0.1, 0.15) is 21.7 Å². The highest BCUT2D eigenvalue weighted by atomic mass is 32.2. The van der Waals surface area contributed by atoms with Gasteiger partial charge in [0.25, 0.3) is 11.1 Å². The first-order chi connectivity index (χ1) is 13.8. The van der Waals surface area contributed by atoms with E-state index in [0.717, 1.165) is 16.7 Å². The molecular weight excluding hydrogens is 391 g/mol. The van der Waals surface area contributed by atoms with Gasteiger partial charge in [-0.1, -0.05) is 0 Å². The maximum atomic E-state index is 13.2. The van der Waals surface area contributed by atoms with Crippen LogP contribution in [0.25, 0.3) is 5.69 Å². The van der Waals surface area contributed by atoms with Gasteiger partial charge in [0, 0.05) is 24.7 Å². The second-order valence-corrected chi connectivity index (χ2v) is 7.70. The second kappa shape index (κ2) is 8.48. The normalized spacial score (nSPS) is 10.7. The van der Waals surface area contributed by atoms with Crippen molar-refractivity contribution in [1.29, 1.82) is 0 Å². The smallest absolute Gasteiger partial charge is 0.285 e. The van der Waals surface area contributed by atoms with Crippen LogP contribution in [-0.4, -0.2) is 39.9 Å². The van der Waals surface area contributed by atoms with Crippen LogP contribution in [0.15, 0.2) is 53.4 Å². The molecule has 0 radical (unpaired) electrons. The molecule has 0 fully saturated rings. The molecule has 0 saturated carbocycles. The molecule has 29 heavy (non-hydrogen) atoms. The monoisotopic (exact) mass is 412 g/mol. The maximum Gasteiger partial charge on any atom is 0.285 e. The Morgan fingerprint density at radius 2 is 1.66 bits per heavy atom. The van der Waals surface area contributed by atoms with Crippen molar-refractivity contribution in [3.8, 4) is 5.69 Å². The minimum absolute atomic E-state index is 0.0683. The Morgan fingerprint density at radius 3 is 2.24 bits per heavy atom. The topological polar surface area (TPSA) is 67.2 Å². The molecule has 0 saturated heterocycles. The van der Waals surface area contributed by atoms with Gasteiger partial charge in [-0.15, -0.1) is 0 Å². The number of nitrogens with zero attached hydrogens (tertiary/aromatic N) is 3. The zero-order valence-electron chi connectivity index (χ0n) is 16.6. The fourth-order valence-electron chi connectivity index (χ4n) is 2.80. The van der Waals surface area contributed by atoms with Gasteiger partial charge in [-0.2, -0.15) is 5.10 Å². The van der Waals surface area contributed by atoms with Crippen molar-refractivity contribution in [1.82, 2.24) is 14.7 Å². The quantitative estimate of drug-likeness (QED) is 0.633. The van der Waals surface area contributed by atoms with E-state index in [1.165, 1.54) is 17.0 Å². The van der Waals surface area contributed by atoms with Gasteiger partial charge in [0.1, 0.15) is 5.82 Å². The third-order valence-corrected chi connectivity index (χ3v) is 5.32. The van der Waals surface area contributed by atoms with E-state index in [1.807, 2.05) is 0 Å². The minimum Gasteiger partial charge on any atom is -0.339 e. The molecule has 3 aromatic rings. The molecule has 0 aliphatic heterocycles. The number of benzene rings is 2. The minimum atomic E-state index is -0.331. The van der Waals surface area contributed by atoms with Gasteiger partial charge < -0.3 is 10.2 Å². The van der Waals surface area contributed by atoms with Gasteiger partial charge in [0.15, 0.2) is 0 Å². The highest BCUT2D eigenvalue weighted by Crippen LogP contribution is 2.24. The number of carbonyl (C=O) groups excluding carboxylic acids is 2. The predicted octanol–water partition coefficient (Wildman–Crippen LogP) is 4.65. The van der Waals surface area contributed by atoms with Crippen molar-refractivity contribution in [2.45, 2.75) is 18.7 Å². The Morgan fingerprint density at radius 1 is 1.03 bits per heavy atom.